The van der Waals surface area contributed by atoms with Crippen molar-refractivity contribution in [1.29, 1.82) is 0 Å². The highest BCUT2D eigenvalue weighted by Crippen LogP contribution is 2.36. The molecule has 0 spiro atoms. The molecule has 29 heavy (non-hydrogen) atoms. The Morgan fingerprint density at radius 3 is 2.17 bits per heavy atom. The van der Waals surface area contributed by atoms with Gasteiger partial charge in [0.05, 0.1) is 16.8 Å². The summed E-state index contributed by atoms with van der Waals surface area (Å²) < 4.78 is 1.77. The van der Waals surface area contributed by atoms with E-state index in [9.17, 15) is 14.7 Å². The SMILES string of the molecule is Cc1ccn(-c2ccc(C(=O)N3CCC(C(=O)O)(c4ccccc4)CC3)cc2)n1. The maximum Gasteiger partial charge on any atom is 0.314 e. The lowest BCUT2D eigenvalue weighted by atomic mass is 9.73. The molecule has 0 aliphatic carbocycles. The van der Waals surface area contributed by atoms with Gasteiger partial charge >= 0.3 is 5.97 Å². The molecule has 1 aliphatic rings. The number of hydrogen-bond acceptors (Lipinski definition) is 3. The molecule has 2 heterocycles. The summed E-state index contributed by atoms with van der Waals surface area (Å²) in [4.78, 5) is 26.8. The summed E-state index contributed by atoms with van der Waals surface area (Å²) >= 11 is 0. The van der Waals surface area contributed by atoms with Gasteiger partial charge in [-0.15, -0.1) is 0 Å². The van der Waals surface area contributed by atoms with Gasteiger partial charge in [-0.1, -0.05) is 30.3 Å². The number of carboxylic acids is 1. The van der Waals surface area contributed by atoms with E-state index in [2.05, 4.69) is 5.10 Å². The summed E-state index contributed by atoms with van der Waals surface area (Å²) in [5.74, 6) is -0.894. The number of aromatic nitrogens is 2. The van der Waals surface area contributed by atoms with Crippen molar-refractivity contribution in [3.63, 3.8) is 0 Å². The second-order valence-electron chi connectivity index (χ2n) is 7.49. The zero-order valence-corrected chi connectivity index (χ0v) is 16.3. The molecule has 1 aliphatic heterocycles. The normalized spacial score (nSPS) is 15.8. The van der Waals surface area contributed by atoms with Crippen LogP contribution in [0.25, 0.3) is 5.69 Å². The Balaban J connectivity index is 1.48. The van der Waals surface area contributed by atoms with E-state index in [0.717, 1.165) is 16.9 Å². The first kappa shape index (κ1) is 18.9. The number of aryl methyl sites for hydroxylation is 1. The third-order valence-corrected chi connectivity index (χ3v) is 5.74. The van der Waals surface area contributed by atoms with Crippen LogP contribution in [0.2, 0.25) is 0 Å². The van der Waals surface area contributed by atoms with E-state index in [1.807, 2.05) is 61.7 Å². The maximum absolute atomic E-state index is 12.9. The van der Waals surface area contributed by atoms with Crippen LogP contribution in [0.3, 0.4) is 0 Å². The zero-order chi connectivity index (χ0) is 20.4. The molecular weight excluding hydrogens is 366 g/mol. The second-order valence-corrected chi connectivity index (χ2v) is 7.49. The summed E-state index contributed by atoms with van der Waals surface area (Å²) in [6, 6.07) is 18.6. The first-order valence-corrected chi connectivity index (χ1v) is 9.70. The number of carbonyl (C=O) groups is 2. The van der Waals surface area contributed by atoms with Gasteiger partial charge in [-0.3, -0.25) is 9.59 Å². The number of carboxylic acid groups (broad SMARTS) is 1. The van der Waals surface area contributed by atoms with Gasteiger partial charge in [-0.25, -0.2) is 4.68 Å². The van der Waals surface area contributed by atoms with E-state index in [-0.39, 0.29) is 5.91 Å². The maximum atomic E-state index is 12.9. The first-order chi connectivity index (χ1) is 14.0. The molecule has 1 saturated heterocycles. The van der Waals surface area contributed by atoms with Crippen molar-refractivity contribution in [2.45, 2.75) is 25.2 Å². The minimum Gasteiger partial charge on any atom is -0.481 e. The fourth-order valence-corrected chi connectivity index (χ4v) is 3.97. The molecule has 148 valence electrons. The number of rotatable bonds is 4. The Morgan fingerprint density at radius 1 is 0.966 bits per heavy atom. The average Bonchev–Trinajstić information content (AvgIpc) is 3.20. The van der Waals surface area contributed by atoms with Crippen LogP contribution < -0.4 is 0 Å². The van der Waals surface area contributed by atoms with E-state index in [1.54, 1.807) is 21.7 Å². The molecule has 1 fully saturated rings. The molecular formula is C23H23N3O3. The van der Waals surface area contributed by atoms with E-state index >= 15 is 0 Å². The predicted molar refractivity (Wildman–Crippen MR) is 109 cm³/mol. The number of nitrogens with zero attached hydrogens (tertiary/aromatic N) is 3. The van der Waals surface area contributed by atoms with Crippen molar-refractivity contribution < 1.29 is 14.7 Å². The van der Waals surface area contributed by atoms with Crippen molar-refractivity contribution >= 4 is 11.9 Å². The molecule has 6 nitrogen and oxygen atoms in total. The third-order valence-electron chi connectivity index (χ3n) is 5.74. The van der Waals surface area contributed by atoms with Gasteiger partial charge in [0.15, 0.2) is 0 Å². The summed E-state index contributed by atoms with van der Waals surface area (Å²) in [5.41, 5.74) is 2.29. The van der Waals surface area contributed by atoms with Gasteiger partial charge < -0.3 is 10.0 Å². The fourth-order valence-electron chi connectivity index (χ4n) is 3.97. The monoisotopic (exact) mass is 389 g/mol. The van der Waals surface area contributed by atoms with Crippen molar-refractivity contribution in [1.82, 2.24) is 14.7 Å². The smallest absolute Gasteiger partial charge is 0.314 e. The van der Waals surface area contributed by atoms with Gasteiger partial charge in [-0.05, 0) is 55.7 Å². The van der Waals surface area contributed by atoms with E-state index in [0.29, 0.717) is 31.5 Å². The largest absolute Gasteiger partial charge is 0.481 e. The zero-order valence-electron chi connectivity index (χ0n) is 16.3. The van der Waals surface area contributed by atoms with E-state index in [1.165, 1.54) is 0 Å². The topological polar surface area (TPSA) is 75.4 Å². The van der Waals surface area contributed by atoms with Crippen molar-refractivity contribution in [2.24, 2.45) is 0 Å². The van der Waals surface area contributed by atoms with Crippen LogP contribution in [0.5, 0.6) is 0 Å². The number of carbonyl (C=O) groups excluding carboxylic acids is 1. The van der Waals surface area contributed by atoms with Crippen molar-refractivity contribution in [3.05, 3.63) is 83.7 Å². The fraction of sp³-hybridized carbons (Fsp3) is 0.261. The Labute approximate surface area is 169 Å². The molecule has 0 bridgehead atoms. The molecule has 0 saturated carbocycles. The van der Waals surface area contributed by atoms with Gasteiger partial charge in [0.2, 0.25) is 0 Å². The van der Waals surface area contributed by atoms with Crippen LogP contribution in [-0.4, -0.2) is 44.8 Å². The summed E-state index contributed by atoms with van der Waals surface area (Å²) in [6.07, 6.45) is 2.69. The summed E-state index contributed by atoms with van der Waals surface area (Å²) in [7, 11) is 0. The number of piperidine rings is 1. The Morgan fingerprint density at radius 2 is 1.62 bits per heavy atom. The third kappa shape index (κ3) is 3.53. The molecule has 0 unspecified atom stereocenters. The van der Waals surface area contributed by atoms with Crippen LogP contribution >= 0.6 is 0 Å². The van der Waals surface area contributed by atoms with Crippen LogP contribution in [0.4, 0.5) is 0 Å². The number of benzene rings is 2. The average molecular weight is 389 g/mol. The van der Waals surface area contributed by atoms with Gasteiger partial charge in [0, 0.05) is 24.8 Å². The molecule has 1 amide bonds. The Hall–Kier alpha value is -3.41. The highest BCUT2D eigenvalue weighted by molar-refractivity contribution is 5.94. The lowest BCUT2D eigenvalue weighted by Crippen LogP contribution is -2.49. The standard InChI is InChI=1S/C23H23N3O3/c1-17-11-14-26(24-17)20-9-7-18(8-10-20)21(27)25-15-12-23(13-16-25,22(28)29)19-5-3-2-4-6-19/h2-11,14H,12-13,15-16H2,1H3,(H,28,29). The van der Waals surface area contributed by atoms with Crippen molar-refractivity contribution in [2.75, 3.05) is 13.1 Å². The first-order valence-electron chi connectivity index (χ1n) is 9.70. The second kappa shape index (κ2) is 7.54. The molecule has 1 N–H and O–H groups in total. The van der Waals surface area contributed by atoms with Crippen molar-refractivity contribution in [3.8, 4) is 5.69 Å². The van der Waals surface area contributed by atoms with Gasteiger partial charge in [0.1, 0.15) is 0 Å². The summed E-state index contributed by atoms with van der Waals surface area (Å²) in [5, 5.41) is 14.3. The number of amides is 1. The molecule has 2 aromatic carbocycles. The highest BCUT2D eigenvalue weighted by Gasteiger charge is 2.43. The minimum atomic E-state index is -0.931. The molecule has 0 radical (unpaired) electrons. The van der Waals surface area contributed by atoms with Crippen LogP contribution in [0.15, 0.2) is 66.9 Å². The molecule has 1 aromatic heterocycles. The van der Waals surface area contributed by atoms with Crippen LogP contribution in [0.1, 0.15) is 34.5 Å². The minimum absolute atomic E-state index is 0.0692. The number of likely N-dealkylation sites (tertiary alicyclic amines) is 1. The quantitative estimate of drug-likeness (QED) is 0.742. The molecule has 4 rings (SSSR count). The molecule has 6 heteroatoms. The lowest BCUT2D eigenvalue weighted by Gasteiger charge is -2.39. The number of aliphatic carboxylic acids is 1. The highest BCUT2D eigenvalue weighted by atomic mass is 16.4. The van der Waals surface area contributed by atoms with E-state index < -0.39 is 11.4 Å². The Bertz CT molecular complexity index is 1020. The van der Waals surface area contributed by atoms with Crippen LogP contribution in [0, 0.1) is 6.92 Å². The predicted octanol–water partition coefficient (Wildman–Crippen LogP) is 3.44. The van der Waals surface area contributed by atoms with E-state index in [4.69, 9.17) is 0 Å². The molecule has 3 aromatic rings. The molecule has 0 atom stereocenters. The van der Waals surface area contributed by atoms with Gasteiger partial charge in [-0.2, -0.15) is 5.10 Å². The van der Waals surface area contributed by atoms with Crippen LogP contribution in [-0.2, 0) is 10.2 Å². The summed E-state index contributed by atoms with van der Waals surface area (Å²) in [6.45, 7) is 2.76. The van der Waals surface area contributed by atoms with Gasteiger partial charge in [0.25, 0.3) is 5.91 Å². The number of hydrogen-bond donors (Lipinski definition) is 1. The lowest BCUT2D eigenvalue weighted by molar-refractivity contribution is -0.145. The Kier molecular flexibility index (Phi) is 4.92.